The van der Waals surface area contributed by atoms with Crippen LogP contribution >= 0.6 is 11.6 Å². The molecule has 0 saturated carbocycles. The third-order valence-electron chi connectivity index (χ3n) is 2.58. The van der Waals surface area contributed by atoms with E-state index < -0.39 is 18.0 Å². The summed E-state index contributed by atoms with van der Waals surface area (Å²) in [5.41, 5.74) is 0.351. The molecule has 0 fully saturated rings. The molecule has 0 spiro atoms. The smallest absolute Gasteiger partial charge is 0.331 e. The molecule has 6 nitrogen and oxygen atoms in total. The summed E-state index contributed by atoms with van der Waals surface area (Å²) in [7, 11) is 3.76. The van der Waals surface area contributed by atoms with Crippen LogP contribution in [0.3, 0.4) is 0 Å². The lowest BCUT2D eigenvalue weighted by molar-refractivity contribution is -0.139. The second-order valence-electron chi connectivity index (χ2n) is 4.50. The van der Waals surface area contributed by atoms with Gasteiger partial charge in [0.25, 0.3) is 0 Å². The number of amides is 2. The predicted molar refractivity (Wildman–Crippen MR) is 76.9 cm³/mol. The highest BCUT2D eigenvalue weighted by atomic mass is 35.5. The molecule has 1 atom stereocenters. The van der Waals surface area contributed by atoms with Gasteiger partial charge < -0.3 is 20.6 Å². The van der Waals surface area contributed by atoms with Gasteiger partial charge in [-0.1, -0.05) is 29.8 Å². The van der Waals surface area contributed by atoms with E-state index in [1.807, 2.05) is 19.0 Å². The fraction of sp³-hybridized carbons (Fsp3) is 0.385. The van der Waals surface area contributed by atoms with Crippen LogP contribution in [0.4, 0.5) is 4.79 Å². The number of halogens is 1. The average molecular weight is 300 g/mol. The number of nitrogens with zero attached hydrogens (tertiary/aromatic N) is 1. The summed E-state index contributed by atoms with van der Waals surface area (Å²) in [5.74, 6) is -1.17. The summed E-state index contributed by atoms with van der Waals surface area (Å²) in [6, 6.07) is 4.80. The van der Waals surface area contributed by atoms with Crippen LogP contribution in [0.2, 0.25) is 5.02 Å². The van der Waals surface area contributed by atoms with Crippen molar-refractivity contribution in [3.63, 3.8) is 0 Å². The van der Waals surface area contributed by atoms with Gasteiger partial charge in [0.15, 0.2) is 6.04 Å². The van der Waals surface area contributed by atoms with Crippen molar-refractivity contribution >= 4 is 23.6 Å². The highest BCUT2D eigenvalue weighted by Crippen LogP contribution is 2.22. The summed E-state index contributed by atoms with van der Waals surface area (Å²) >= 11 is 5.95. The first kappa shape index (κ1) is 16.3. The zero-order valence-corrected chi connectivity index (χ0v) is 12.1. The SMILES string of the molecule is CN(C)CCNC(=O)N[C@@H](C(=O)O)c1ccccc1Cl. The lowest BCUT2D eigenvalue weighted by atomic mass is 10.1. The highest BCUT2D eigenvalue weighted by molar-refractivity contribution is 6.31. The number of hydrogen-bond donors (Lipinski definition) is 3. The van der Waals surface area contributed by atoms with Crippen LogP contribution in [0.25, 0.3) is 0 Å². The van der Waals surface area contributed by atoms with Crippen LogP contribution in [-0.2, 0) is 4.79 Å². The van der Waals surface area contributed by atoms with Gasteiger partial charge >= 0.3 is 12.0 Å². The summed E-state index contributed by atoms with van der Waals surface area (Å²) in [5, 5.41) is 14.5. The van der Waals surface area contributed by atoms with Crippen molar-refractivity contribution in [2.45, 2.75) is 6.04 Å². The predicted octanol–water partition coefficient (Wildman–Crippen LogP) is 1.33. The summed E-state index contributed by atoms with van der Waals surface area (Å²) in [6.07, 6.45) is 0. The Hall–Kier alpha value is -1.79. The van der Waals surface area contributed by atoms with Gasteiger partial charge in [-0.15, -0.1) is 0 Å². The zero-order valence-electron chi connectivity index (χ0n) is 11.4. The van der Waals surface area contributed by atoms with Crippen LogP contribution in [0, 0.1) is 0 Å². The van der Waals surface area contributed by atoms with Crippen LogP contribution < -0.4 is 10.6 Å². The van der Waals surface area contributed by atoms with E-state index >= 15 is 0 Å². The number of carbonyl (C=O) groups excluding carboxylic acids is 1. The van der Waals surface area contributed by atoms with Gasteiger partial charge in [0.05, 0.1) is 0 Å². The fourth-order valence-electron chi connectivity index (χ4n) is 1.56. The van der Waals surface area contributed by atoms with E-state index in [0.717, 1.165) is 0 Å². The Morgan fingerprint density at radius 2 is 2.00 bits per heavy atom. The molecule has 1 rings (SSSR count). The number of aliphatic carboxylic acids is 1. The molecule has 1 aromatic carbocycles. The number of benzene rings is 1. The Morgan fingerprint density at radius 3 is 2.55 bits per heavy atom. The van der Waals surface area contributed by atoms with Crippen molar-refractivity contribution in [3.05, 3.63) is 34.9 Å². The maximum Gasteiger partial charge on any atom is 0.331 e. The van der Waals surface area contributed by atoms with Crippen molar-refractivity contribution in [1.82, 2.24) is 15.5 Å². The molecule has 3 N–H and O–H groups in total. The van der Waals surface area contributed by atoms with Crippen LogP contribution in [0.15, 0.2) is 24.3 Å². The third kappa shape index (κ3) is 5.07. The average Bonchev–Trinajstić information content (AvgIpc) is 2.36. The molecular formula is C13H18ClN3O3. The highest BCUT2D eigenvalue weighted by Gasteiger charge is 2.23. The van der Waals surface area contributed by atoms with Gasteiger partial charge in [-0.25, -0.2) is 9.59 Å². The van der Waals surface area contributed by atoms with E-state index in [1.54, 1.807) is 24.3 Å². The van der Waals surface area contributed by atoms with Gasteiger partial charge in [-0.05, 0) is 20.2 Å². The molecule has 0 unspecified atom stereocenters. The van der Waals surface area contributed by atoms with E-state index in [-0.39, 0.29) is 0 Å². The molecule has 0 radical (unpaired) electrons. The largest absolute Gasteiger partial charge is 0.479 e. The van der Waals surface area contributed by atoms with E-state index in [9.17, 15) is 14.7 Å². The first-order chi connectivity index (χ1) is 9.41. The Balaban J connectivity index is 2.67. The monoisotopic (exact) mass is 299 g/mol. The molecule has 0 aliphatic carbocycles. The second kappa shape index (κ2) is 7.72. The summed E-state index contributed by atoms with van der Waals surface area (Å²) in [4.78, 5) is 24.8. The molecule has 20 heavy (non-hydrogen) atoms. The first-order valence-electron chi connectivity index (χ1n) is 6.08. The molecule has 0 aromatic heterocycles. The number of urea groups is 1. The molecule has 7 heteroatoms. The normalized spacial score (nSPS) is 12.0. The van der Waals surface area contributed by atoms with Crippen molar-refractivity contribution in [2.24, 2.45) is 0 Å². The Morgan fingerprint density at radius 1 is 1.35 bits per heavy atom. The van der Waals surface area contributed by atoms with Crippen LogP contribution in [0.1, 0.15) is 11.6 Å². The van der Waals surface area contributed by atoms with Crippen molar-refractivity contribution in [1.29, 1.82) is 0 Å². The molecule has 0 saturated heterocycles. The molecule has 0 aliphatic heterocycles. The maximum absolute atomic E-state index is 11.7. The topological polar surface area (TPSA) is 81.7 Å². The van der Waals surface area contributed by atoms with E-state index in [2.05, 4.69) is 10.6 Å². The second-order valence-corrected chi connectivity index (χ2v) is 4.90. The zero-order chi connectivity index (χ0) is 15.1. The Kier molecular flexibility index (Phi) is 6.27. The maximum atomic E-state index is 11.7. The molecule has 110 valence electrons. The quantitative estimate of drug-likeness (QED) is 0.740. The van der Waals surface area contributed by atoms with Gasteiger partial charge in [0.1, 0.15) is 0 Å². The van der Waals surface area contributed by atoms with Gasteiger partial charge in [-0.2, -0.15) is 0 Å². The van der Waals surface area contributed by atoms with Crippen LogP contribution in [0.5, 0.6) is 0 Å². The molecule has 0 bridgehead atoms. The van der Waals surface area contributed by atoms with Gasteiger partial charge in [-0.3, -0.25) is 0 Å². The minimum atomic E-state index is -1.18. The lowest BCUT2D eigenvalue weighted by Gasteiger charge is -2.17. The molecule has 0 aliphatic rings. The number of carboxylic acid groups (broad SMARTS) is 1. The minimum Gasteiger partial charge on any atom is -0.479 e. The molecule has 0 heterocycles. The summed E-state index contributed by atoms with van der Waals surface area (Å²) in [6.45, 7) is 1.09. The number of hydrogen-bond acceptors (Lipinski definition) is 3. The Labute approximate surface area is 122 Å². The lowest BCUT2D eigenvalue weighted by Crippen LogP contribution is -2.43. The molecule has 2 amide bonds. The number of carbonyl (C=O) groups is 2. The molecular weight excluding hydrogens is 282 g/mol. The van der Waals surface area contributed by atoms with E-state index in [4.69, 9.17) is 11.6 Å². The Bertz CT molecular complexity index is 480. The van der Waals surface area contributed by atoms with Gasteiger partial charge in [0, 0.05) is 23.7 Å². The standard InChI is InChI=1S/C13H18ClN3O3/c1-17(2)8-7-15-13(20)16-11(12(18)19)9-5-3-4-6-10(9)14/h3-6,11H,7-8H2,1-2H3,(H,18,19)(H2,15,16,20)/t11-/m1/s1. The number of carboxylic acids is 1. The number of rotatable bonds is 6. The van der Waals surface area contributed by atoms with E-state index in [0.29, 0.717) is 23.7 Å². The van der Waals surface area contributed by atoms with Crippen molar-refractivity contribution in [3.8, 4) is 0 Å². The van der Waals surface area contributed by atoms with Gasteiger partial charge in [0.2, 0.25) is 0 Å². The van der Waals surface area contributed by atoms with Crippen molar-refractivity contribution in [2.75, 3.05) is 27.2 Å². The molecule has 1 aromatic rings. The fourth-order valence-corrected chi connectivity index (χ4v) is 1.80. The minimum absolute atomic E-state index is 0.300. The van der Waals surface area contributed by atoms with E-state index in [1.165, 1.54) is 0 Å². The first-order valence-corrected chi connectivity index (χ1v) is 6.46. The number of likely N-dealkylation sites (N-methyl/N-ethyl adjacent to an activating group) is 1. The number of nitrogens with one attached hydrogen (secondary N) is 2. The third-order valence-corrected chi connectivity index (χ3v) is 2.93. The van der Waals surface area contributed by atoms with Crippen molar-refractivity contribution < 1.29 is 14.7 Å². The van der Waals surface area contributed by atoms with Crippen LogP contribution in [-0.4, -0.2) is 49.2 Å². The summed E-state index contributed by atoms with van der Waals surface area (Å²) < 4.78 is 0.